The van der Waals surface area contributed by atoms with Crippen LogP contribution in [0, 0.1) is 6.92 Å². The Morgan fingerprint density at radius 1 is 1.28 bits per heavy atom. The van der Waals surface area contributed by atoms with Crippen LogP contribution in [0.25, 0.3) is 0 Å². The molecule has 2 aromatic rings. The first-order chi connectivity index (χ1) is 8.72. The highest BCUT2D eigenvalue weighted by Gasteiger charge is 2.04. The molecule has 18 heavy (non-hydrogen) atoms. The lowest BCUT2D eigenvalue weighted by Gasteiger charge is -2.05. The van der Waals surface area contributed by atoms with Gasteiger partial charge in [0, 0.05) is 24.8 Å². The number of benzene rings is 1. The summed E-state index contributed by atoms with van der Waals surface area (Å²) in [5.41, 5.74) is 8.81. The summed E-state index contributed by atoms with van der Waals surface area (Å²) >= 11 is 0. The molecule has 1 aromatic heterocycles. The average Bonchev–Trinajstić information content (AvgIpc) is 2.77. The monoisotopic (exact) mass is 245 g/mol. The topological polar surface area (TPSA) is 53.1 Å². The third kappa shape index (κ3) is 2.90. The fourth-order valence-electron chi connectivity index (χ4n) is 1.75. The van der Waals surface area contributed by atoms with E-state index in [9.17, 15) is 0 Å². The fraction of sp³-hybridized carbons (Fsp3) is 0.357. The summed E-state index contributed by atoms with van der Waals surface area (Å²) in [5.74, 6) is 0.857. The Morgan fingerprint density at radius 2 is 2.00 bits per heavy atom. The number of aromatic nitrogens is 2. The van der Waals surface area contributed by atoms with Crippen molar-refractivity contribution in [2.24, 2.45) is 5.73 Å². The van der Waals surface area contributed by atoms with Gasteiger partial charge in [-0.25, -0.2) is 0 Å². The molecular weight excluding hydrogens is 226 g/mol. The molecule has 0 saturated carbocycles. The molecule has 4 nitrogen and oxygen atoms in total. The van der Waals surface area contributed by atoms with Gasteiger partial charge in [-0.2, -0.15) is 5.10 Å². The van der Waals surface area contributed by atoms with Crippen LogP contribution in [0.2, 0.25) is 0 Å². The van der Waals surface area contributed by atoms with Crippen LogP contribution in [-0.2, 0) is 19.7 Å². The smallest absolute Gasteiger partial charge is 0.119 e. The van der Waals surface area contributed by atoms with Crippen molar-refractivity contribution in [3.05, 3.63) is 47.3 Å². The molecule has 2 N–H and O–H groups in total. The maximum Gasteiger partial charge on any atom is 0.119 e. The van der Waals surface area contributed by atoms with Crippen molar-refractivity contribution >= 4 is 0 Å². The maximum atomic E-state index is 5.74. The highest BCUT2D eigenvalue weighted by atomic mass is 16.5. The second kappa shape index (κ2) is 5.69. The highest BCUT2D eigenvalue weighted by molar-refractivity contribution is 5.27. The van der Waals surface area contributed by atoms with Crippen LogP contribution in [-0.4, -0.2) is 9.78 Å². The van der Waals surface area contributed by atoms with Gasteiger partial charge in [0.1, 0.15) is 12.4 Å². The number of hydrogen-bond acceptors (Lipinski definition) is 3. The summed E-state index contributed by atoms with van der Waals surface area (Å²) in [6, 6.07) is 7.86. The first-order valence-electron chi connectivity index (χ1n) is 6.17. The van der Waals surface area contributed by atoms with Gasteiger partial charge in [0.15, 0.2) is 0 Å². The van der Waals surface area contributed by atoms with Crippen LogP contribution in [0.15, 0.2) is 30.5 Å². The second-order valence-electron chi connectivity index (χ2n) is 4.23. The molecule has 0 aliphatic heterocycles. The van der Waals surface area contributed by atoms with Gasteiger partial charge in [0.05, 0.1) is 5.69 Å². The molecule has 0 saturated heterocycles. The van der Waals surface area contributed by atoms with Gasteiger partial charge in [0.25, 0.3) is 0 Å². The molecule has 4 heteroatoms. The van der Waals surface area contributed by atoms with E-state index in [0.717, 1.165) is 29.1 Å². The zero-order valence-electron chi connectivity index (χ0n) is 10.9. The molecular formula is C14H19N3O. The van der Waals surface area contributed by atoms with Gasteiger partial charge < -0.3 is 10.5 Å². The summed E-state index contributed by atoms with van der Waals surface area (Å²) < 4.78 is 7.66. The Kier molecular flexibility index (Phi) is 3.99. The molecule has 1 aromatic carbocycles. The molecule has 0 atom stereocenters. The summed E-state index contributed by atoms with van der Waals surface area (Å²) in [5, 5.41) is 4.39. The third-order valence-electron chi connectivity index (χ3n) is 2.93. The summed E-state index contributed by atoms with van der Waals surface area (Å²) in [6.07, 6.45) is 2.03. The van der Waals surface area contributed by atoms with Crippen LogP contribution in [0.1, 0.15) is 23.7 Å². The lowest BCUT2D eigenvalue weighted by atomic mass is 10.2. The number of rotatable bonds is 5. The van der Waals surface area contributed by atoms with Crippen LogP contribution in [0.5, 0.6) is 5.75 Å². The van der Waals surface area contributed by atoms with E-state index >= 15 is 0 Å². The molecule has 96 valence electrons. The van der Waals surface area contributed by atoms with Gasteiger partial charge in [-0.1, -0.05) is 12.1 Å². The Bertz CT molecular complexity index is 502. The fourth-order valence-corrected chi connectivity index (χ4v) is 1.75. The van der Waals surface area contributed by atoms with Crippen molar-refractivity contribution in [1.82, 2.24) is 9.78 Å². The lowest BCUT2D eigenvalue weighted by molar-refractivity contribution is 0.305. The Balaban J connectivity index is 1.99. The van der Waals surface area contributed by atoms with Gasteiger partial charge in [-0.15, -0.1) is 0 Å². The van der Waals surface area contributed by atoms with Crippen molar-refractivity contribution in [3.63, 3.8) is 0 Å². The summed E-state index contributed by atoms with van der Waals surface area (Å²) in [7, 11) is 0. The standard InChI is InChI=1S/C14H19N3O/c1-3-17-9-13(11(2)16-17)10-18-14-6-4-12(8-15)5-7-14/h4-7,9H,3,8,10,15H2,1-2H3. The van der Waals surface area contributed by atoms with Crippen molar-refractivity contribution in [2.45, 2.75) is 33.5 Å². The van der Waals surface area contributed by atoms with Gasteiger partial charge in [-0.3, -0.25) is 4.68 Å². The zero-order chi connectivity index (χ0) is 13.0. The Morgan fingerprint density at radius 3 is 2.56 bits per heavy atom. The first-order valence-corrected chi connectivity index (χ1v) is 6.17. The van der Waals surface area contributed by atoms with E-state index in [2.05, 4.69) is 12.0 Å². The maximum absolute atomic E-state index is 5.74. The molecule has 0 fully saturated rings. The van der Waals surface area contributed by atoms with E-state index in [1.54, 1.807) is 0 Å². The predicted octanol–water partition coefficient (Wildman–Crippen LogP) is 2.25. The predicted molar refractivity (Wildman–Crippen MR) is 71.3 cm³/mol. The molecule has 0 spiro atoms. The molecule has 1 heterocycles. The lowest BCUT2D eigenvalue weighted by Crippen LogP contribution is -1.98. The van der Waals surface area contributed by atoms with Gasteiger partial charge in [-0.05, 0) is 31.5 Å². The SMILES string of the molecule is CCn1cc(COc2ccc(CN)cc2)c(C)n1. The van der Waals surface area contributed by atoms with E-state index in [0.29, 0.717) is 13.2 Å². The van der Waals surface area contributed by atoms with Gasteiger partial charge in [0.2, 0.25) is 0 Å². The molecule has 0 amide bonds. The zero-order valence-corrected chi connectivity index (χ0v) is 10.9. The Labute approximate surface area is 107 Å². The second-order valence-corrected chi connectivity index (χ2v) is 4.23. The molecule has 2 rings (SSSR count). The molecule has 0 radical (unpaired) electrons. The van der Waals surface area contributed by atoms with E-state index < -0.39 is 0 Å². The Hall–Kier alpha value is -1.81. The summed E-state index contributed by atoms with van der Waals surface area (Å²) in [4.78, 5) is 0. The van der Waals surface area contributed by atoms with Crippen molar-refractivity contribution in [1.29, 1.82) is 0 Å². The van der Waals surface area contributed by atoms with Gasteiger partial charge >= 0.3 is 0 Å². The minimum Gasteiger partial charge on any atom is -0.489 e. The van der Waals surface area contributed by atoms with Crippen molar-refractivity contribution < 1.29 is 4.74 Å². The number of nitrogens with two attached hydrogens (primary N) is 1. The van der Waals surface area contributed by atoms with Crippen LogP contribution in [0.3, 0.4) is 0 Å². The molecule has 0 bridgehead atoms. The minimum atomic E-state index is 0.549. The van der Waals surface area contributed by atoms with Crippen LogP contribution in [0.4, 0.5) is 0 Å². The molecule has 0 aliphatic carbocycles. The molecule has 0 unspecified atom stereocenters. The van der Waals surface area contributed by atoms with Crippen LogP contribution < -0.4 is 10.5 Å². The van der Waals surface area contributed by atoms with Crippen LogP contribution >= 0.6 is 0 Å². The first kappa shape index (κ1) is 12.6. The normalized spacial score (nSPS) is 10.6. The minimum absolute atomic E-state index is 0.549. The van der Waals surface area contributed by atoms with Crippen molar-refractivity contribution in [2.75, 3.05) is 0 Å². The largest absolute Gasteiger partial charge is 0.489 e. The number of aryl methyl sites for hydroxylation is 2. The third-order valence-corrected chi connectivity index (χ3v) is 2.93. The number of nitrogens with zero attached hydrogens (tertiary/aromatic N) is 2. The van der Waals surface area contributed by atoms with E-state index in [-0.39, 0.29) is 0 Å². The van der Waals surface area contributed by atoms with E-state index in [1.165, 1.54) is 0 Å². The number of ether oxygens (including phenoxy) is 1. The average molecular weight is 245 g/mol. The number of hydrogen-bond donors (Lipinski definition) is 1. The quantitative estimate of drug-likeness (QED) is 0.879. The van der Waals surface area contributed by atoms with E-state index in [1.807, 2.05) is 42.1 Å². The van der Waals surface area contributed by atoms with Crippen molar-refractivity contribution in [3.8, 4) is 5.75 Å². The van der Waals surface area contributed by atoms with E-state index in [4.69, 9.17) is 10.5 Å². The molecule has 0 aliphatic rings. The summed E-state index contributed by atoms with van der Waals surface area (Å²) in [6.45, 7) is 6.06. The highest BCUT2D eigenvalue weighted by Crippen LogP contribution is 2.15.